The van der Waals surface area contributed by atoms with E-state index in [2.05, 4.69) is 20.4 Å². The number of anilines is 1. The van der Waals surface area contributed by atoms with Crippen LogP contribution in [0.25, 0.3) is 16.9 Å². The molecule has 0 spiro atoms. The quantitative estimate of drug-likeness (QED) is 0.260. The Balaban J connectivity index is 1.33. The zero-order valence-corrected chi connectivity index (χ0v) is 21.6. The van der Waals surface area contributed by atoms with E-state index in [4.69, 9.17) is 17.3 Å². The van der Waals surface area contributed by atoms with Crippen LogP contribution in [-0.2, 0) is 21.6 Å². The summed E-state index contributed by atoms with van der Waals surface area (Å²) in [7, 11) is 6.29. The van der Waals surface area contributed by atoms with Crippen LogP contribution in [0.15, 0.2) is 42.7 Å². The molecule has 208 valence electrons. The number of benzene rings is 1. The second kappa shape index (κ2) is 10.5. The van der Waals surface area contributed by atoms with Crippen molar-refractivity contribution in [2.45, 2.75) is 31.0 Å². The van der Waals surface area contributed by atoms with Crippen LogP contribution in [0.5, 0.6) is 5.75 Å². The number of halogens is 2. The fourth-order valence-electron chi connectivity index (χ4n) is 5.03. The van der Waals surface area contributed by atoms with Crippen molar-refractivity contribution in [1.82, 2.24) is 24.5 Å². The monoisotopic (exact) mass is 560 g/mol. The molecule has 2 aliphatic rings. The van der Waals surface area contributed by atoms with Gasteiger partial charge in [0.15, 0.2) is 30.9 Å². The number of amides is 2. The van der Waals surface area contributed by atoms with Gasteiger partial charge in [-0.3, -0.25) is 14.6 Å². The van der Waals surface area contributed by atoms with E-state index in [0.29, 0.717) is 66.9 Å². The first-order chi connectivity index (χ1) is 19.7. The average molecular weight is 560 g/mol. The second-order valence-electron chi connectivity index (χ2n) is 9.75. The molecule has 2 radical (unpaired) electrons. The minimum absolute atomic E-state index is 0.0637. The highest BCUT2D eigenvalue weighted by molar-refractivity contribution is 6.17. The number of imidazole rings is 1. The molecule has 14 heteroatoms. The van der Waals surface area contributed by atoms with Gasteiger partial charge in [-0.1, -0.05) is 0 Å². The number of carbonyl (C=O) groups is 2. The van der Waals surface area contributed by atoms with Crippen molar-refractivity contribution in [2.75, 3.05) is 25.1 Å². The molecular weight excluding hydrogens is 537 g/mol. The lowest BCUT2D eigenvalue weighted by atomic mass is 9.80. The first-order valence-corrected chi connectivity index (χ1v) is 12.9. The first kappa shape index (κ1) is 26.8. The molecule has 0 bridgehead atoms. The number of nitrogens with zero attached hydrogens (tertiary/aromatic N) is 5. The smallest absolute Gasteiger partial charge is 0.257 e. The van der Waals surface area contributed by atoms with Crippen molar-refractivity contribution < 1.29 is 33.0 Å². The zero-order valence-electron chi connectivity index (χ0n) is 21.6. The summed E-state index contributed by atoms with van der Waals surface area (Å²) in [5.41, 5.74) is -0.969. The Hall–Kier alpha value is -4.43. The maximum atomic E-state index is 15.0. The predicted molar refractivity (Wildman–Crippen MR) is 141 cm³/mol. The van der Waals surface area contributed by atoms with Crippen LogP contribution in [0.2, 0.25) is 0 Å². The van der Waals surface area contributed by atoms with Gasteiger partial charge in [0.2, 0.25) is 6.41 Å². The van der Waals surface area contributed by atoms with Crippen LogP contribution in [0.4, 0.5) is 14.6 Å². The van der Waals surface area contributed by atoms with Crippen molar-refractivity contribution >= 4 is 31.6 Å². The molecule has 0 aliphatic carbocycles. The Labute approximate surface area is 233 Å². The molecule has 6 rings (SSSR count). The SMILES string of the molecule is [B]C(O)(c1cc(F)cc(F)c1OC1CCOCC1)N1CCc2ncc(-c3ccc4nc(NC=O)cn4n3)cc2C1=O. The van der Waals surface area contributed by atoms with E-state index < -0.39 is 40.6 Å². The molecule has 2 N–H and O–H groups in total. The van der Waals surface area contributed by atoms with Crippen LogP contribution in [0.3, 0.4) is 0 Å². The first-order valence-electron chi connectivity index (χ1n) is 12.9. The minimum atomic E-state index is -2.61. The van der Waals surface area contributed by atoms with Gasteiger partial charge in [-0.2, -0.15) is 5.10 Å². The molecule has 3 aromatic heterocycles. The van der Waals surface area contributed by atoms with Crippen LogP contribution in [-0.4, -0.2) is 75.6 Å². The van der Waals surface area contributed by atoms with Gasteiger partial charge in [0.25, 0.3) is 5.91 Å². The van der Waals surface area contributed by atoms with Gasteiger partial charge in [-0.15, -0.1) is 0 Å². The number of pyridine rings is 1. The van der Waals surface area contributed by atoms with E-state index in [0.717, 1.165) is 11.0 Å². The highest BCUT2D eigenvalue weighted by Gasteiger charge is 2.41. The lowest BCUT2D eigenvalue weighted by molar-refractivity contribution is -0.105. The molecule has 1 atom stereocenters. The van der Waals surface area contributed by atoms with E-state index in [1.54, 1.807) is 24.4 Å². The van der Waals surface area contributed by atoms with E-state index in [9.17, 15) is 23.5 Å². The van der Waals surface area contributed by atoms with Crippen molar-refractivity contribution in [3.63, 3.8) is 0 Å². The topological polar surface area (TPSA) is 131 Å². The second-order valence-corrected chi connectivity index (χ2v) is 9.75. The van der Waals surface area contributed by atoms with Crippen LogP contribution < -0.4 is 10.1 Å². The Morgan fingerprint density at radius 1 is 1.22 bits per heavy atom. The van der Waals surface area contributed by atoms with Crippen molar-refractivity contribution in [3.8, 4) is 17.0 Å². The average Bonchev–Trinajstić information content (AvgIpc) is 3.37. The van der Waals surface area contributed by atoms with Gasteiger partial charge in [0, 0.05) is 49.2 Å². The van der Waals surface area contributed by atoms with Gasteiger partial charge in [0.1, 0.15) is 17.5 Å². The highest BCUT2D eigenvalue weighted by atomic mass is 19.1. The molecule has 0 saturated carbocycles. The Morgan fingerprint density at radius 3 is 2.80 bits per heavy atom. The molecule has 5 heterocycles. The molecule has 1 saturated heterocycles. The van der Waals surface area contributed by atoms with Gasteiger partial charge >= 0.3 is 0 Å². The van der Waals surface area contributed by atoms with E-state index >= 15 is 0 Å². The molecule has 1 fully saturated rings. The number of ether oxygens (including phenoxy) is 2. The third kappa shape index (κ3) is 5.00. The molecule has 1 unspecified atom stereocenters. The highest BCUT2D eigenvalue weighted by Crippen LogP contribution is 2.38. The number of hydrogen-bond acceptors (Lipinski definition) is 8. The van der Waals surface area contributed by atoms with Crippen LogP contribution in [0.1, 0.15) is 34.5 Å². The number of hydrogen-bond donors (Lipinski definition) is 2. The molecule has 2 aliphatic heterocycles. The number of aliphatic hydroxyl groups is 1. The Kier molecular flexibility index (Phi) is 6.87. The molecule has 1 aromatic carbocycles. The van der Waals surface area contributed by atoms with Crippen LogP contribution >= 0.6 is 0 Å². The standard InChI is InChI=1S/C27H23BF2N6O5/c28-27(39,19-10-16(29)11-20(30)25(19)41-17-4-7-40-8-5-17)35-6-3-22-18(26(35)38)9-15(12-31-22)21-1-2-24-33-23(32-14-37)13-36(24)34-21/h1-2,9-14,17,39H,3-8H2,(H,32,37). The molecule has 2 amide bonds. The number of fused-ring (bicyclic) bond motifs is 2. The van der Waals surface area contributed by atoms with Crippen molar-refractivity contribution in [1.29, 1.82) is 0 Å². The lowest BCUT2D eigenvalue weighted by Gasteiger charge is -2.41. The third-order valence-corrected chi connectivity index (χ3v) is 7.11. The normalized spacial score (nSPS) is 17.2. The molecular formula is C27H23BF2N6O5. The molecule has 4 aromatic rings. The summed E-state index contributed by atoms with van der Waals surface area (Å²) in [6.07, 6.45) is 4.32. The van der Waals surface area contributed by atoms with Crippen LogP contribution in [0, 0.1) is 11.6 Å². The maximum absolute atomic E-state index is 15.0. The summed E-state index contributed by atoms with van der Waals surface area (Å²) in [5, 5.41) is 18.4. The van der Waals surface area contributed by atoms with Gasteiger partial charge in [-0.05, 0) is 24.3 Å². The number of rotatable bonds is 7. The Morgan fingerprint density at radius 2 is 2.02 bits per heavy atom. The number of carbonyl (C=O) groups excluding carboxylic acids is 2. The summed E-state index contributed by atoms with van der Waals surface area (Å²) in [4.78, 5) is 34.0. The summed E-state index contributed by atoms with van der Waals surface area (Å²) >= 11 is 0. The fourth-order valence-corrected chi connectivity index (χ4v) is 5.03. The van der Waals surface area contributed by atoms with E-state index in [1.807, 2.05) is 0 Å². The molecule has 41 heavy (non-hydrogen) atoms. The van der Waals surface area contributed by atoms with E-state index in [1.165, 1.54) is 10.7 Å². The third-order valence-electron chi connectivity index (χ3n) is 7.11. The maximum Gasteiger partial charge on any atom is 0.257 e. The predicted octanol–water partition coefficient (Wildman–Crippen LogP) is 2.17. The number of aromatic nitrogens is 4. The Bertz CT molecular complexity index is 1660. The largest absolute Gasteiger partial charge is 0.487 e. The zero-order chi connectivity index (χ0) is 28.7. The fraction of sp³-hybridized carbons (Fsp3) is 0.296. The van der Waals surface area contributed by atoms with Gasteiger partial charge < -0.3 is 24.8 Å². The summed E-state index contributed by atoms with van der Waals surface area (Å²) in [6, 6.07) is 6.43. The minimum Gasteiger partial charge on any atom is -0.487 e. The number of nitrogens with one attached hydrogen (secondary N) is 1. The van der Waals surface area contributed by atoms with Gasteiger partial charge in [-0.25, -0.2) is 18.3 Å². The van der Waals surface area contributed by atoms with E-state index in [-0.39, 0.29) is 18.5 Å². The summed E-state index contributed by atoms with van der Waals surface area (Å²) < 4.78 is 42.0. The lowest BCUT2D eigenvalue weighted by Crippen LogP contribution is -2.53. The van der Waals surface area contributed by atoms with Crippen molar-refractivity contribution in [2.24, 2.45) is 0 Å². The summed E-state index contributed by atoms with van der Waals surface area (Å²) in [5.74, 6) is -2.82. The summed E-state index contributed by atoms with van der Waals surface area (Å²) in [6.45, 7) is 0.753. The van der Waals surface area contributed by atoms with Crippen molar-refractivity contribution in [3.05, 3.63) is 71.2 Å². The molecule has 11 nitrogen and oxygen atoms in total. The van der Waals surface area contributed by atoms with Gasteiger partial charge in [0.05, 0.1) is 36.4 Å².